The van der Waals surface area contributed by atoms with E-state index in [2.05, 4.69) is 16.0 Å². The van der Waals surface area contributed by atoms with E-state index in [-0.39, 0.29) is 43.5 Å². The smallest absolute Gasteiger partial charge is 0.317 e. The highest BCUT2D eigenvalue weighted by atomic mass is 16.2. The second-order valence-electron chi connectivity index (χ2n) is 6.85. The normalized spacial score (nSPS) is 23.5. The maximum absolute atomic E-state index is 12.7. The van der Waals surface area contributed by atoms with E-state index < -0.39 is 18.0 Å². The minimum Gasteiger partial charge on any atom is -0.354 e. The summed E-state index contributed by atoms with van der Waals surface area (Å²) in [5.74, 6) is -1.04. The summed E-state index contributed by atoms with van der Waals surface area (Å²) in [6.07, 6.45) is 1.32. The largest absolute Gasteiger partial charge is 0.354 e. The lowest BCUT2D eigenvalue weighted by molar-refractivity contribution is -0.143. The van der Waals surface area contributed by atoms with Crippen LogP contribution in [0.15, 0.2) is 0 Å². The van der Waals surface area contributed by atoms with Crippen LogP contribution in [0.1, 0.15) is 26.7 Å². The van der Waals surface area contributed by atoms with Gasteiger partial charge < -0.3 is 31.5 Å². The van der Waals surface area contributed by atoms with Crippen molar-refractivity contribution in [3.63, 3.8) is 0 Å². The molecule has 2 atom stereocenters. The second-order valence-corrected chi connectivity index (χ2v) is 6.85. The van der Waals surface area contributed by atoms with Crippen LogP contribution in [-0.4, -0.2) is 84.4 Å². The molecule has 26 heavy (non-hydrogen) atoms. The quantitative estimate of drug-likeness (QED) is 0.454. The summed E-state index contributed by atoms with van der Waals surface area (Å²) in [6.45, 7) is 4.66. The maximum Gasteiger partial charge on any atom is 0.317 e. The summed E-state index contributed by atoms with van der Waals surface area (Å²) < 4.78 is 0. The number of carbonyl (C=O) groups is 4. The zero-order chi connectivity index (χ0) is 19.3. The monoisotopic (exact) mass is 368 g/mol. The third-order valence-corrected chi connectivity index (χ3v) is 4.48. The molecule has 10 heteroatoms. The van der Waals surface area contributed by atoms with Crippen molar-refractivity contribution < 1.29 is 19.2 Å². The number of rotatable bonds is 4. The molecule has 5 N–H and O–H groups in total. The molecule has 146 valence electrons. The molecule has 0 unspecified atom stereocenters. The summed E-state index contributed by atoms with van der Waals surface area (Å²) >= 11 is 0. The number of nitrogens with two attached hydrogens (primary N) is 1. The Morgan fingerprint density at radius 1 is 1.31 bits per heavy atom. The molecule has 0 aromatic carbocycles. The standard InChI is InChI=1S/C16H28N6O4/c1-10(2)19-16(26)21-6-7-22(13(23)8-17)12(9-21)15(25)20-11-4-3-5-18-14(11)24/h10-12H,3-9,17H2,1-2H3,(H,18,24)(H,19,26)(H,20,25)/t11-,12+/m0/s1. The minimum absolute atomic E-state index is 0.0376. The van der Waals surface area contributed by atoms with Crippen molar-refractivity contribution in [2.24, 2.45) is 5.73 Å². The highest BCUT2D eigenvalue weighted by Crippen LogP contribution is 2.13. The van der Waals surface area contributed by atoms with Gasteiger partial charge in [0.2, 0.25) is 17.7 Å². The van der Waals surface area contributed by atoms with Gasteiger partial charge >= 0.3 is 6.03 Å². The molecule has 2 aliphatic rings. The molecule has 0 radical (unpaired) electrons. The van der Waals surface area contributed by atoms with Crippen molar-refractivity contribution in [1.82, 2.24) is 25.8 Å². The summed E-state index contributed by atoms with van der Waals surface area (Å²) in [5, 5.41) is 8.19. The number of hydrogen-bond donors (Lipinski definition) is 4. The van der Waals surface area contributed by atoms with Gasteiger partial charge in [0, 0.05) is 25.7 Å². The van der Waals surface area contributed by atoms with Crippen LogP contribution in [0.2, 0.25) is 0 Å². The molecule has 0 bridgehead atoms. The molecule has 2 rings (SSSR count). The van der Waals surface area contributed by atoms with Crippen molar-refractivity contribution in [3.8, 4) is 0 Å². The van der Waals surface area contributed by atoms with Gasteiger partial charge in [0.1, 0.15) is 12.1 Å². The van der Waals surface area contributed by atoms with E-state index in [0.717, 1.165) is 6.42 Å². The zero-order valence-corrected chi connectivity index (χ0v) is 15.3. The predicted octanol–water partition coefficient (Wildman–Crippen LogP) is -2.03. The number of carbonyl (C=O) groups excluding carboxylic acids is 4. The number of piperazine rings is 1. The Morgan fingerprint density at radius 3 is 2.65 bits per heavy atom. The molecule has 5 amide bonds. The van der Waals surface area contributed by atoms with Gasteiger partial charge in [-0.25, -0.2) is 4.79 Å². The van der Waals surface area contributed by atoms with Crippen LogP contribution in [0.25, 0.3) is 0 Å². The fourth-order valence-electron chi connectivity index (χ4n) is 3.12. The Hall–Kier alpha value is -2.36. The average Bonchev–Trinajstić information content (AvgIpc) is 2.61. The lowest BCUT2D eigenvalue weighted by Gasteiger charge is -2.41. The Kier molecular flexibility index (Phi) is 6.78. The van der Waals surface area contributed by atoms with E-state index in [1.165, 1.54) is 9.80 Å². The summed E-state index contributed by atoms with van der Waals surface area (Å²) in [5.41, 5.74) is 5.45. The Bertz CT molecular complexity index is 567. The number of piperidine rings is 1. The van der Waals surface area contributed by atoms with Crippen molar-refractivity contribution in [1.29, 1.82) is 0 Å². The maximum atomic E-state index is 12.7. The molecular weight excluding hydrogens is 340 g/mol. The van der Waals surface area contributed by atoms with Crippen molar-refractivity contribution in [2.45, 2.75) is 44.8 Å². The van der Waals surface area contributed by atoms with Gasteiger partial charge in [-0.2, -0.15) is 0 Å². The first-order valence-corrected chi connectivity index (χ1v) is 8.96. The molecular formula is C16H28N6O4. The number of nitrogens with one attached hydrogen (secondary N) is 3. The second kappa shape index (κ2) is 8.84. The highest BCUT2D eigenvalue weighted by molar-refractivity contribution is 5.93. The van der Waals surface area contributed by atoms with E-state index in [4.69, 9.17) is 5.73 Å². The SMILES string of the molecule is CC(C)NC(=O)N1CCN(C(=O)CN)[C@@H](C(=O)N[C@H]2CCCNC2=O)C1. The van der Waals surface area contributed by atoms with E-state index in [9.17, 15) is 19.2 Å². The van der Waals surface area contributed by atoms with Gasteiger partial charge in [-0.15, -0.1) is 0 Å². The van der Waals surface area contributed by atoms with E-state index >= 15 is 0 Å². The molecule has 0 saturated carbocycles. The first-order chi connectivity index (χ1) is 12.3. The Morgan fingerprint density at radius 2 is 2.04 bits per heavy atom. The number of hydrogen-bond acceptors (Lipinski definition) is 5. The van der Waals surface area contributed by atoms with Gasteiger partial charge in [0.15, 0.2) is 0 Å². The molecule has 0 aromatic rings. The van der Waals surface area contributed by atoms with Crippen LogP contribution in [0.3, 0.4) is 0 Å². The third-order valence-electron chi connectivity index (χ3n) is 4.48. The van der Waals surface area contributed by atoms with Crippen LogP contribution in [-0.2, 0) is 14.4 Å². The fourth-order valence-corrected chi connectivity index (χ4v) is 3.12. The van der Waals surface area contributed by atoms with Crippen LogP contribution >= 0.6 is 0 Å². The number of urea groups is 1. The number of amides is 5. The van der Waals surface area contributed by atoms with Gasteiger partial charge in [0.05, 0.1) is 13.1 Å². The minimum atomic E-state index is -0.868. The van der Waals surface area contributed by atoms with Crippen LogP contribution in [0, 0.1) is 0 Å². The summed E-state index contributed by atoms with van der Waals surface area (Å²) in [6, 6.07) is -1.81. The fraction of sp³-hybridized carbons (Fsp3) is 0.750. The first-order valence-electron chi connectivity index (χ1n) is 8.96. The first kappa shape index (κ1) is 20.0. The molecule has 10 nitrogen and oxygen atoms in total. The van der Waals surface area contributed by atoms with Crippen molar-refractivity contribution >= 4 is 23.8 Å². The average molecular weight is 368 g/mol. The Balaban J connectivity index is 2.09. The summed E-state index contributed by atoms with van der Waals surface area (Å²) in [7, 11) is 0. The number of nitrogens with zero attached hydrogens (tertiary/aromatic N) is 2. The molecule has 0 aliphatic carbocycles. The predicted molar refractivity (Wildman–Crippen MR) is 94.0 cm³/mol. The molecule has 2 saturated heterocycles. The molecule has 2 fully saturated rings. The summed E-state index contributed by atoms with van der Waals surface area (Å²) in [4.78, 5) is 51.9. The van der Waals surface area contributed by atoms with Crippen LogP contribution in [0.4, 0.5) is 4.79 Å². The zero-order valence-electron chi connectivity index (χ0n) is 15.3. The topological polar surface area (TPSA) is 137 Å². The lowest BCUT2D eigenvalue weighted by atomic mass is 10.1. The highest BCUT2D eigenvalue weighted by Gasteiger charge is 2.38. The molecule has 0 spiro atoms. The van der Waals surface area contributed by atoms with Crippen molar-refractivity contribution in [2.75, 3.05) is 32.7 Å². The van der Waals surface area contributed by atoms with Gasteiger partial charge in [0.25, 0.3) is 0 Å². The van der Waals surface area contributed by atoms with Crippen LogP contribution < -0.4 is 21.7 Å². The van der Waals surface area contributed by atoms with Crippen molar-refractivity contribution in [3.05, 3.63) is 0 Å². The molecule has 0 aromatic heterocycles. The van der Waals surface area contributed by atoms with E-state index in [1.54, 1.807) is 0 Å². The van der Waals surface area contributed by atoms with Gasteiger partial charge in [-0.05, 0) is 26.7 Å². The Labute approximate surface area is 152 Å². The van der Waals surface area contributed by atoms with E-state index in [0.29, 0.717) is 19.5 Å². The lowest BCUT2D eigenvalue weighted by Crippen LogP contribution is -2.65. The van der Waals surface area contributed by atoms with Crippen LogP contribution in [0.5, 0.6) is 0 Å². The van der Waals surface area contributed by atoms with Gasteiger partial charge in [-0.3, -0.25) is 14.4 Å². The molecule has 2 heterocycles. The molecule has 2 aliphatic heterocycles. The van der Waals surface area contributed by atoms with E-state index in [1.807, 2.05) is 13.8 Å². The third kappa shape index (κ3) is 4.84. The van der Waals surface area contributed by atoms with Gasteiger partial charge in [-0.1, -0.05) is 0 Å².